The molecule has 1 rings (SSSR count). The molecule has 0 aromatic carbocycles. The Morgan fingerprint density at radius 2 is 2.27 bits per heavy atom. The molecule has 1 heterocycles. The highest BCUT2D eigenvalue weighted by Crippen LogP contribution is 2.17. The molecular weight excluding hydrogens is 196 g/mol. The number of amides is 1. The van der Waals surface area contributed by atoms with E-state index in [2.05, 4.69) is 0 Å². The first-order chi connectivity index (χ1) is 7.02. The van der Waals surface area contributed by atoms with Crippen LogP contribution in [0.3, 0.4) is 0 Å². The van der Waals surface area contributed by atoms with Gasteiger partial charge in [0.25, 0.3) is 0 Å². The van der Waals surface area contributed by atoms with Gasteiger partial charge in [-0.05, 0) is 26.2 Å². The molecular formula is C10H18N2O3. The molecule has 1 saturated heterocycles. The van der Waals surface area contributed by atoms with Crippen LogP contribution in [0.5, 0.6) is 0 Å². The number of carbonyl (C=O) groups is 2. The summed E-state index contributed by atoms with van der Waals surface area (Å²) in [5, 5.41) is 8.56. The maximum Gasteiger partial charge on any atom is 0.320 e. The van der Waals surface area contributed by atoms with Gasteiger partial charge in [0.2, 0.25) is 5.91 Å². The first kappa shape index (κ1) is 12.0. The topological polar surface area (TPSA) is 83.6 Å². The summed E-state index contributed by atoms with van der Waals surface area (Å²) < 4.78 is 0. The van der Waals surface area contributed by atoms with Gasteiger partial charge in [-0.3, -0.25) is 9.59 Å². The van der Waals surface area contributed by atoms with Crippen molar-refractivity contribution < 1.29 is 14.7 Å². The van der Waals surface area contributed by atoms with Crippen LogP contribution < -0.4 is 5.73 Å². The Balaban J connectivity index is 2.32. The van der Waals surface area contributed by atoms with Crippen molar-refractivity contribution in [3.63, 3.8) is 0 Å². The second-order valence-electron chi connectivity index (χ2n) is 4.06. The molecule has 0 aromatic heterocycles. The lowest BCUT2D eigenvalue weighted by molar-refractivity contribution is -0.139. The van der Waals surface area contributed by atoms with Gasteiger partial charge in [-0.15, -0.1) is 0 Å². The largest absolute Gasteiger partial charge is 0.480 e. The zero-order chi connectivity index (χ0) is 11.4. The number of rotatable bonds is 4. The molecule has 1 fully saturated rings. The van der Waals surface area contributed by atoms with E-state index in [-0.39, 0.29) is 18.7 Å². The molecule has 1 aliphatic rings. The maximum atomic E-state index is 11.7. The number of hydrogen-bond acceptors (Lipinski definition) is 3. The van der Waals surface area contributed by atoms with E-state index >= 15 is 0 Å². The van der Waals surface area contributed by atoms with E-state index in [1.807, 2.05) is 11.8 Å². The van der Waals surface area contributed by atoms with E-state index in [9.17, 15) is 9.59 Å². The summed E-state index contributed by atoms with van der Waals surface area (Å²) in [5.41, 5.74) is 5.33. The van der Waals surface area contributed by atoms with Crippen molar-refractivity contribution in [2.24, 2.45) is 5.73 Å². The smallest absolute Gasteiger partial charge is 0.320 e. The summed E-state index contributed by atoms with van der Waals surface area (Å²) in [7, 11) is 0. The number of carboxylic acids is 1. The third-order valence-electron chi connectivity index (χ3n) is 2.86. The van der Waals surface area contributed by atoms with Gasteiger partial charge < -0.3 is 15.7 Å². The first-order valence-electron chi connectivity index (χ1n) is 5.30. The molecule has 1 amide bonds. The van der Waals surface area contributed by atoms with Gasteiger partial charge in [-0.2, -0.15) is 0 Å². The summed E-state index contributed by atoms with van der Waals surface area (Å²) in [4.78, 5) is 23.9. The molecule has 0 aromatic rings. The average molecular weight is 214 g/mol. The number of hydrogen-bond donors (Lipinski definition) is 2. The first-order valence-corrected chi connectivity index (χ1v) is 5.30. The summed E-state index contributed by atoms with van der Waals surface area (Å²) in [6, 6.07) is -0.634. The van der Waals surface area contributed by atoms with Crippen molar-refractivity contribution in [3.05, 3.63) is 0 Å². The Kier molecular flexibility index (Phi) is 4.08. The monoisotopic (exact) mass is 214 g/mol. The fourth-order valence-electron chi connectivity index (χ4n) is 1.85. The zero-order valence-electron chi connectivity index (χ0n) is 8.98. The summed E-state index contributed by atoms with van der Waals surface area (Å²) in [6.07, 6.45) is 2.53. The number of aliphatic carboxylic acids is 1. The highest BCUT2D eigenvalue weighted by Gasteiger charge is 2.25. The van der Waals surface area contributed by atoms with E-state index in [1.165, 1.54) is 0 Å². The van der Waals surface area contributed by atoms with Gasteiger partial charge in [0.15, 0.2) is 0 Å². The normalized spacial score (nSPS) is 22.8. The van der Waals surface area contributed by atoms with Crippen molar-refractivity contribution in [3.8, 4) is 0 Å². The van der Waals surface area contributed by atoms with E-state index in [0.717, 1.165) is 19.4 Å². The van der Waals surface area contributed by atoms with Gasteiger partial charge in [-0.1, -0.05) is 0 Å². The van der Waals surface area contributed by atoms with Crippen LogP contribution in [-0.4, -0.2) is 40.5 Å². The lowest BCUT2D eigenvalue weighted by Crippen LogP contribution is -2.36. The number of nitrogens with zero attached hydrogens (tertiary/aromatic N) is 1. The number of carbonyl (C=O) groups excluding carboxylic acids is 1. The minimum Gasteiger partial charge on any atom is -0.480 e. The molecule has 3 N–H and O–H groups in total. The molecule has 0 bridgehead atoms. The Hall–Kier alpha value is -1.10. The molecule has 5 heteroatoms. The Labute approximate surface area is 89.2 Å². The molecule has 1 aliphatic heterocycles. The molecule has 0 saturated carbocycles. The van der Waals surface area contributed by atoms with Crippen LogP contribution >= 0.6 is 0 Å². The van der Waals surface area contributed by atoms with E-state index < -0.39 is 12.0 Å². The van der Waals surface area contributed by atoms with Gasteiger partial charge in [0.05, 0.1) is 0 Å². The molecule has 15 heavy (non-hydrogen) atoms. The average Bonchev–Trinajstić information content (AvgIpc) is 2.60. The molecule has 86 valence electrons. The Morgan fingerprint density at radius 1 is 1.60 bits per heavy atom. The quantitative estimate of drug-likeness (QED) is 0.699. The van der Waals surface area contributed by atoms with Gasteiger partial charge >= 0.3 is 5.97 Å². The van der Waals surface area contributed by atoms with Crippen molar-refractivity contribution in [1.29, 1.82) is 0 Å². The number of nitrogens with two attached hydrogens (primary N) is 1. The molecule has 2 atom stereocenters. The van der Waals surface area contributed by atoms with E-state index in [4.69, 9.17) is 10.8 Å². The third-order valence-corrected chi connectivity index (χ3v) is 2.86. The fourth-order valence-corrected chi connectivity index (χ4v) is 1.85. The van der Waals surface area contributed by atoms with Gasteiger partial charge in [0.1, 0.15) is 6.04 Å². The van der Waals surface area contributed by atoms with Gasteiger partial charge in [0, 0.05) is 19.0 Å². The Morgan fingerprint density at radius 3 is 2.73 bits per heavy atom. The standard InChI is InChI=1S/C10H18N2O3/c1-7-3-2-6-12(7)9(13)5-4-8(11)10(14)15/h7-8H,2-6,11H2,1H3,(H,14,15)/t7?,8-/m1/s1. The number of carboxylic acid groups (broad SMARTS) is 1. The highest BCUT2D eigenvalue weighted by atomic mass is 16.4. The molecule has 0 spiro atoms. The van der Waals surface area contributed by atoms with Crippen LogP contribution in [0.15, 0.2) is 0 Å². The third kappa shape index (κ3) is 3.20. The van der Waals surface area contributed by atoms with E-state index in [1.54, 1.807) is 0 Å². The van der Waals surface area contributed by atoms with Gasteiger partial charge in [-0.25, -0.2) is 0 Å². The van der Waals surface area contributed by atoms with Crippen LogP contribution in [0.4, 0.5) is 0 Å². The van der Waals surface area contributed by atoms with Crippen molar-refractivity contribution in [1.82, 2.24) is 4.90 Å². The minimum absolute atomic E-state index is 0.0247. The van der Waals surface area contributed by atoms with Crippen molar-refractivity contribution >= 4 is 11.9 Å². The summed E-state index contributed by atoms with van der Waals surface area (Å²) in [6.45, 7) is 2.81. The summed E-state index contributed by atoms with van der Waals surface area (Å²) >= 11 is 0. The zero-order valence-corrected chi connectivity index (χ0v) is 8.98. The Bertz CT molecular complexity index is 255. The molecule has 0 radical (unpaired) electrons. The number of likely N-dealkylation sites (tertiary alicyclic amines) is 1. The molecule has 5 nitrogen and oxygen atoms in total. The predicted molar refractivity (Wildman–Crippen MR) is 55.3 cm³/mol. The van der Waals surface area contributed by atoms with Crippen LogP contribution in [0.2, 0.25) is 0 Å². The van der Waals surface area contributed by atoms with Crippen LogP contribution in [0.1, 0.15) is 32.6 Å². The van der Waals surface area contributed by atoms with Crippen molar-refractivity contribution in [2.45, 2.75) is 44.7 Å². The SMILES string of the molecule is CC1CCCN1C(=O)CC[C@@H](N)C(=O)O. The predicted octanol–water partition coefficient (Wildman–Crippen LogP) is 0.189. The molecule has 0 aliphatic carbocycles. The highest BCUT2D eigenvalue weighted by molar-refractivity contribution is 5.78. The summed E-state index contributed by atoms with van der Waals surface area (Å²) in [5.74, 6) is -1.02. The van der Waals surface area contributed by atoms with Crippen molar-refractivity contribution in [2.75, 3.05) is 6.54 Å². The second kappa shape index (κ2) is 5.11. The van der Waals surface area contributed by atoms with Crippen LogP contribution in [0, 0.1) is 0 Å². The minimum atomic E-state index is -1.04. The van der Waals surface area contributed by atoms with Crippen LogP contribution in [0.25, 0.3) is 0 Å². The van der Waals surface area contributed by atoms with Crippen LogP contribution in [-0.2, 0) is 9.59 Å². The lowest BCUT2D eigenvalue weighted by Gasteiger charge is -2.21. The van der Waals surface area contributed by atoms with E-state index in [0.29, 0.717) is 6.04 Å². The second-order valence-corrected chi connectivity index (χ2v) is 4.06. The fraction of sp³-hybridized carbons (Fsp3) is 0.800. The molecule has 1 unspecified atom stereocenters. The maximum absolute atomic E-state index is 11.7. The lowest BCUT2D eigenvalue weighted by atomic mass is 10.1.